The fourth-order valence-electron chi connectivity index (χ4n) is 3.60. The summed E-state index contributed by atoms with van der Waals surface area (Å²) in [6, 6.07) is 0. The van der Waals surface area contributed by atoms with Gasteiger partial charge in [0.05, 0.1) is 5.60 Å². The average Bonchev–Trinajstić information content (AvgIpc) is 2.98. The molecule has 0 aromatic rings. The first kappa shape index (κ1) is 12.6. The molecule has 1 spiro atoms. The predicted molar refractivity (Wildman–Crippen MR) is 68.4 cm³/mol. The van der Waals surface area contributed by atoms with Gasteiger partial charge in [-0.15, -0.1) is 0 Å². The van der Waals surface area contributed by atoms with Crippen LogP contribution in [0.2, 0.25) is 0 Å². The van der Waals surface area contributed by atoms with Crippen LogP contribution in [0.3, 0.4) is 0 Å². The maximum Gasteiger partial charge on any atom is 0.139 e. The molecule has 3 nitrogen and oxygen atoms in total. The van der Waals surface area contributed by atoms with Gasteiger partial charge in [-0.3, -0.25) is 4.79 Å². The fraction of sp³-hybridized carbons (Fsp3) is 0.933. The maximum atomic E-state index is 12.5. The molecule has 0 aromatic carbocycles. The second kappa shape index (κ2) is 4.31. The maximum absolute atomic E-state index is 12.5. The minimum absolute atomic E-state index is 0.0458. The van der Waals surface area contributed by atoms with Crippen LogP contribution in [0.15, 0.2) is 0 Å². The molecule has 2 unspecified atom stereocenters. The van der Waals surface area contributed by atoms with Gasteiger partial charge in [-0.25, -0.2) is 0 Å². The van der Waals surface area contributed by atoms with Crippen LogP contribution in [0, 0.1) is 17.3 Å². The van der Waals surface area contributed by atoms with Gasteiger partial charge in [0.2, 0.25) is 0 Å². The lowest BCUT2D eigenvalue weighted by molar-refractivity contribution is -0.158. The Bertz CT molecular complexity index is 336. The number of carbonyl (C=O) groups excluding carboxylic acids is 1. The molecule has 1 aliphatic carbocycles. The smallest absolute Gasteiger partial charge is 0.139 e. The van der Waals surface area contributed by atoms with Crippen LogP contribution in [-0.2, 0) is 14.3 Å². The van der Waals surface area contributed by atoms with E-state index in [1.807, 2.05) is 0 Å². The van der Waals surface area contributed by atoms with E-state index in [4.69, 9.17) is 9.47 Å². The number of ether oxygens (including phenoxy) is 2. The molecule has 1 saturated carbocycles. The second-order valence-corrected chi connectivity index (χ2v) is 6.98. The minimum atomic E-state index is -0.0458. The van der Waals surface area contributed by atoms with Crippen LogP contribution < -0.4 is 0 Å². The van der Waals surface area contributed by atoms with E-state index in [2.05, 4.69) is 13.8 Å². The highest BCUT2D eigenvalue weighted by molar-refractivity contribution is 5.86. The number of hydrogen-bond acceptors (Lipinski definition) is 3. The predicted octanol–water partition coefficient (Wildman–Crippen LogP) is 2.58. The lowest BCUT2D eigenvalue weighted by Crippen LogP contribution is -2.46. The molecule has 2 atom stereocenters. The molecule has 3 heteroatoms. The van der Waals surface area contributed by atoms with E-state index in [9.17, 15) is 4.79 Å². The molecular weight excluding hydrogens is 228 g/mol. The molecule has 3 fully saturated rings. The van der Waals surface area contributed by atoms with Crippen LogP contribution in [0.1, 0.15) is 46.0 Å². The van der Waals surface area contributed by atoms with Gasteiger partial charge in [-0.1, -0.05) is 13.8 Å². The van der Waals surface area contributed by atoms with Crippen LogP contribution >= 0.6 is 0 Å². The summed E-state index contributed by atoms with van der Waals surface area (Å²) >= 11 is 0. The van der Waals surface area contributed by atoms with Gasteiger partial charge in [-0.2, -0.15) is 0 Å². The average molecular weight is 252 g/mol. The van der Waals surface area contributed by atoms with Crippen LogP contribution in [0.25, 0.3) is 0 Å². The van der Waals surface area contributed by atoms with Gasteiger partial charge in [0.25, 0.3) is 0 Å². The summed E-state index contributed by atoms with van der Waals surface area (Å²) in [6.07, 6.45) is 4.87. The molecule has 18 heavy (non-hydrogen) atoms. The first-order chi connectivity index (χ1) is 8.53. The Balaban J connectivity index is 1.65. The molecule has 2 aliphatic heterocycles. The SMILES string of the molecule is CC1(C)CC1C(=O)C1CCOC2(CCOCC2)C1. The Hall–Kier alpha value is -0.410. The topological polar surface area (TPSA) is 35.5 Å². The Morgan fingerprint density at radius 1 is 1.11 bits per heavy atom. The molecule has 102 valence electrons. The Morgan fingerprint density at radius 2 is 1.78 bits per heavy atom. The fourth-order valence-corrected chi connectivity index (χ4v) is 3.60. The molecule has 0 N–H and O–H groups in total. The number of Topliss-reactive ketones (excluding diaryl/α,β-unsaturated/α-hetero) is 1. The lowest BCUT2D eigenvalue weighted by atomic mass is 9.78. The van der Waals surface area contributed by atoms with Crippen molar-refractivity contribution in [2.75, 3.05) is 19.8 Å². The normalized spacial score (nSPS) is 37.4. The zero-order valence-corrected chi connectivity index (χ0v) is 11.5. The summed E-state index contributed by atoms with van der Waals surface area (Å²) < 4.78 is 11.4. The summed E-state index contributed by atoms with van der Waals surface area (Å²) in [5.74, 6) is 1.07. The molecule has 0 amide bonds. The molecule has 3 rings (SSSR count). The quantitative estimate of drug-likeness (QED) is 0.757. The van der Waals surface area contributed by atoms with E-state index < -0.39 is 0 Å². The third-order valence-electron chi connectivity index (χ3n) is 5.16. The van der Waals surface area contributed by atoms with Crippen molar-refractivity contribution in [3.05, 3.63) is 0 Å². The van der Waals surface area contributed by atoms with Crippen LogP contribution in [0.4, 0.5) is 0 Å². The van der Waals surface area contributed by atoms with Crippen molar-refractivity contribution in [1.82, 2.24) is 0 Å². The molecular formula is C15H24O3. The van der Waals surface area contributed by atoms with Gasteiger partial charge in [-0.05, 0) is 37.5 Å². The van der Waals surface area contributed by atoms with Crippen molar-refractivity contribution in [1.29, 1.82) is 0 Å². The Kier molecular flexibility index (Phi) is 3.02. The van der Waals surface area contributed by atoms with Gasteiger partial charge >= 0.3 is 0 Å². The first-order valence-electron chi connectivity index (χ1n) is 7.28. The van der Waals surface area contributed by atoms with Gasteiger partial charge in [0.1, 0.15) is 5.78 Å². The van der Waals surface area contributed by atoms with Crippen molar-refractivity contribution in [3.8, 4) is 0 Å². The third-order valence-corrected chi connectivity index (χ3v) is 5.16. The molecule has 3 aliphatic rings. The van der Waals surface area contributed by atoms with Crippen molar-refractivity contribution in [2.24, 2.45) is 17.3 Å². The second-order valence-electron chi connectivity index (χ2n) is 6.98. The monoisotopic (exact) mass is 252 g/mol. The van der Waals surface area contributed by atoms with E-state index in [0.29, 0.717) is 11.7 Å². The Labute approximate surface area is 109 Å². The molecule has 0 aromatic heterocycles. The van der Waals surface area contributed by atoms with Crippen LogP contribution in [0.5, 0.6) is 0 Å². The van der Waals surface area contributed by atoms with Crippen LogP contribution in [-0.4, -0.2) is 31.2 Å². The highest BCUT2D eigenvalue weighted by Crippen LogP contribution is 2.54. The Morgan fingerprint density at radius 3 is 2.39 bits per heavy atom. The van der Waals surface area contributed by atoms with E-state index in [-0.39, 0.29) is 16.9 Å². The summed E-state index contributed by atoms with van der Waals surface area (Å²) in [7, 11) is 0. The minimum Gasteiger partial charge on any atom is -0.381 e. The highest BCUT2D eigenvalue weighted by Gasteiger charge is 2.53. The summed E-state index contributed by atoms with van der Waals surface area (Å²) in [5, 5.41) is 0. The van der Waals surface area contributed by atoms with Crippen molar-refractivity contribution in [3.63, 3.8) is 0 Å². The van der Waals surface area contributed by atoms with Gasteiger partial charge in [0, 0.05) is 31.7 Å². The summed E-state index contributed by atoms with van der Waals surface area (Å²) in [6.45, 7) is 6.74. The van der Waals surface area contributed by atoms with Crippen molar-refractivity contribution in [2.45, 2.75) is 51.6 Å². The van der Waals surface area contributed by atoms with E-state index in [0.717, 1.165) is 51.9 Å². The number of ketones is 1. The summed E-state index contributed by atoms with van der Waals surface area (Å²) in [5.41, 5.74) is 0.216. The van der Waals surface area contributed by atoms with Crippen molar-refractivity contribution >= 4 is 5.78 Å². The van der Waals surface area contributed by atoms with E-state index >= 15 is 0 Å². The summed E-state index contributed by atoms with van der Waals surface area (Å²) in [4.78, 5) is 12.5. The number of hydrogen-bond donors (Lipinski definition) is 0. The van der Waals surface area contributed by atoms with Gasteiger partial charge < -0.3 is 9.47 Å². The van der Waals surface area contributed by atoms with E-state index in [1.54, 1.807) is 0 Å². The molecule has 2 saturated heterocycles. The number of rotatable bonds is 2. The zero-order valence-electron chi connectivity index (χ0n) is 11.5. The standard InChI is InChI=1S/C15H24O3/c1-14(2)10-12(14)13(16)11-3-6-18-15(9-11)4-7-17-8-5-15/h11-12H,3-10H2,1-2H3. The molecule has 0 radical (unpaired) electrons. The first-order valence-corrected chi connectivity index (χ1v) is 7.28. The van der Waals surface area contributed by atoms with Gasteiger partial charge in [0.15, 0.2) is 0 Å². The zero-order chi connectivity index (χ0) is 12.8. The lowest BCUT2D eigenvalue weighted by Gasteiger charge is -2.43. The molecule has 0 bridgehead atoms. The van der Waals surface area contributed by atoms with Crippen molar-refractivity contribution < 1.29 is 14.3 Å². The largest absolute Gasteiger partial charge is 0.381 e. The highest BCUT2D eigenvalue weighted by atomic mass is 16.5. The number of carbonyl (C=O) groups is 1. The van der Waals surface area contributed by atoms with E-state index in [1.165, 1.54) is 0 Å². The third kappa shape index (κ3) is 2.23. The molecule has 2 heterocycles.